The van der Waals surface area contributed by atoms with Crippen LogP contribution in [0.3, 0.4) is 0 Å². The van der Waals surface area contributed by atoms with Crippen molar-refractivity contribution in [3.05, 3.63) is 34.7 Å². The third-order valence-electron chi connectivity index (χ3n) is 1.58. The molecule has 3 nitrogen and oxygen atoms in total. The quantitative estimate of drug-likeness (QED) is 0.698. The number of hydrogen-bond donors (Lipinski definition) is 0. The maximum absolute atomic E-state index is 8.79. The van der Waals surface area contributed by atoms with Gasteiger partial charge in [-0.3, -0.25) is 0 Å². The van der Waals surface area contributed by atoms with Gasteiger partial charge in [0, 0.05) is 20.3 Å². The van der Waals surface area contributed by atoms with Crippen LogP contribution in [0.2, 0.25) is 5.15 Å². The van der Waals surface area contributed by atoms with Crippen molar-refractivity contribution in [3.63, 3.8) is 0 Å². The summed E-state index contributed by atoms with van der Waals surface area (Å²) in [5.41, 5.74) is 1.30. The largest absolute Gasteiger partial charge is 0.383 e. The average Bonchev–Trinajstić information content (AvgIpc) is 2.15. The van der Waals surface area contributed by atoms with Crippen LogP contribution < -0.4 is 0 Å². The second-order valence-corrected chi connectivity index (χ2v) is 3.37. The van der Waals surface area contributed by atoms with E-state index in [4.69, 9.17) is 16.9 Å². The van der Waals surface area contributed by atoms with Crippen molar-refractivity contribution in [2.75, 3.05) is 14.1 Å². The van der Waals surface area contributed by atoms with Gasteiger partial charge in [-0.25, -0.2) is 4.98 Å². The first kappa shape index (κ1) is 10.6. The molecule has 1 aromatic rings. The Hall–Kier alpha value is -1.53. The maximum Gasteiger partial charge on any atom is 0.129 e. The van der Waals surface area contributed by atoms with Crippen molar-refractivity contribution < 1.29 is 0 Å². The van der Waals surface area contributed by atoms with Gasteiger partial charge in [0.25, 0.3) is 0 Å². The second kappa shape index (κ2) is 4.64. The highest BCUT2D eigenvalue weighted by Crippen LogP contribution is 2.13. The molecule has 72 valence electrons. The number of halogens is 1. The Morgan fingerprint density at radius 1 is 1.57 bits per heavy atom. The number of aromatic nitrogens is 1. The third-order valence-corrected chi connectivity index (χ3v) is 1.78. The van der Waals surface area contributed by atoms with Gasteiger partial charge in [-0.05, 0) is 23.9 Å². The van der Waals surface area contributed by atoms with Gasteiger partial charge >= 0.3 is 0 Å². The van der Waals surface area contributed by atoms with Crippen LogP contribution in [0.4, 0.5) is 0 Å². The maximum atomic E-state index is 8.79. The standard InChI is InChI=1S/C10H10ClN3/c1-14(2)4-3-8-5-10(11)13-7-9(8)6-12/h3-5,7H,1-2H3/b4-3+. The van der Waals surface area contributed by atoms with E-state index in [9.17, 15) is 0 Å². The lowest BCUT2D eigenvalue weighted by Crippen LogP contribution is -2.00. The molecule has 0 saturated carbocycles. The number of rotatable bonds is 2. The van der Waals surface area contributed by atoms with Crippen LogP contribution in [0.25, 0.3) is 6.08 Å². The van der Waals surface area contributed by atoms with Crippen molar-refractivity contribution in [1.29, 1.82) is 5.26 Å². The molecule has 0 aliphatic carbocycles. The smallest absolute Gasteiger partial charge is 0.129 e. The fraction of sp³-hybridized carbons (Fsp3) is 0.200. The first-order chi connectivity index (χ1) is 6.63. The van der Waals surface area contributed by atoms with Gasteiger partial charge in [0.05, 0.1) is 5.56 Å². The molecule has 0 bridgehead atoms. The minimum atomic E-state index is 0.391. The van der Waals surface area contributed by atoms with Gasteiger partial charge < -0.3 is 4.90 Å². The zero-order chi connectivity index (χ0) is 10.6. The molecule has 0 N–H and O–H groups in total. The van der Waals surface area contributed by atoms with E-state index in [-0.39, 0.29) is 0 Å². The zero-order valence-corrected chi connectivity index (χ0v) is 8.78. The average molecular weight is 208 g/mol. The van der Waals surface area contributed by atoms with E-state index in [1.165, 1.54) is 6.20 Å². The van der Waals surface area contributed by atoms with Crippen LogP contribution in [0.15, 0.2) is 18.5 Å². The molecule has 0 saturated heterocycles. The predicted molar refractivity (Wildman–Crippen MR) is 56.7 cm³/mol. The van der Waals surface area contributed by atoms with E-state index in [1.54, 1.807) is 6.07 Å². The van der Waals surface area contributed by atoms with Crippen molar-refractivity contribution in [1.82, 2.24) is 9.88 Å². The minimum Gasteiger partial charge on any atom is -0.383 e. The zero-order valence-electron chi connectivity index (χ0n) is 8.03. The summed E-state index contributed by atoms with van der Waals surface area (Å²) in [6, 6.07) is 3.72. The molecule has 0 atom stereocenters. The molecule has 1 aromatic heterocycles. The third kappa shape index (κ3) is 2.75. The Kier molecular flexibility index (Phi) is 3.49. The Morgan fingerprint density at radius 3 is 2.86 bits per heavy atom. The second-order valence-electron chi connectivity index (χ2n) is 2.99. The lowest BCUT2D eigenvalue weighted by molar-refractivity contribution is 0.567. The lowest BCUT2D eigenvalue weighted by Gasteiger charge is -2.04. The number of pyridine rings is 1. The molecule has 0 aromatic carbocycles. The number of nitrogens with zero attached hydrogens (tertiary/aromatic N) is 3. The van der Waals surface area contributed by atoms with Gasteiger partial charge in [0.2, 0.25) is 0 Å². The van der Waals surface area contributed by atoms with Gasteiger partial charge in [-0.15, -0.1) is 0 Å². The Balaban J connectivity index is 3.06. The first-order valence-corrected chi connectivity index (χ1v) is 4.41. The summed E-state index contributed by atoms with van der Waals surface area (Å²) in [6.45, 7) is 0. The molecule has 0 radical (unpaired) electrons. The summed E-state index contributed by atoms with van der Waals surface area (Å²) in [6.07, 6.45) is 5.15. The van der Waals surface area contributed by atoms with Crippen molar-refractivity contribution >= 4 is 17.7 Å². The Labute approximate surface area is 88.2 Å². The molecule has 0 spiro atoms. The van der Waals surface area contributed by atoms with Crippen LogP contribution in [-0.4, -0.2) is 24.0 Å². The van der Waals surface area contributed by atoms with Crippen LogP contribution in [0.5, 0.6) is 0 Å². The molecule has 1 rings (SSSR count). The monoisotopic (exact) mass is 207 g/mol. The highest BCUT2D eigenvalue weighted by atomic mass is 35.5. The summed E-state index contributed by atoms with van der Waals surface area (Å²) in [4.78, 5) is 5.72. The highest BCUT2D eigenvalue weighted by Gasteiger charge is 2.00. The fourth-order valence-corrected chi connectivity index (χ4v) is 1.07. The molecule has 0 aliphatic rings. The van der Waals surface area contributed by atoms with Crippen LogP contribution >= 0.6 is 11.6 Å². The van der Waals surface area contributed by atoms with Crippen LogP contribution in [0.1, 0.15) is 11.1 Å². The van der Waals surface area contributed by atoms with E-state index >= 15 is 0 Å². The van der Waals surface area contributed by atoms with Crippen molar-refractivity contribution in [3.8, 4) is 6.07 Å². The molecular weight excluding hydrogens is 198 g/mol. The van der Waals surface area contributed by atoms with E-state index < -0.39 is 0 Å². The van der Waals surface area contributed by atoms with E-state index in [2.05, 4.69) is 11.1 Å². The summed E-state index contributed by atoms with van der Waals surface area (Å²) >= 11 is 5.72. The van der Waals surface area contributed by atoms with Crippen LogP contribution in [0, 0.1) is 11.3 Å². The van der Waals surface area contributed by atoms with Gasteiger partial charge in [0.1, 0.15) is 11.2 Å². The van der Waals surface area contributed by atoms with Gasteiger partial charge in [-0.1, -0.05) is 11.6 Å². The summed E-state index contributed by atoms with van der Waals surface area (Å²) in [5.74, 6) is 0. The molecule has 0 fully saturated rings. The van der Waals surface area contributed by atoms with Crippen molar-refractivity contribution in [2.24, 2.45) is 0 Å². The lowest BCUT2D eigenvalue weighted by atomic mass is 10.1. The molecule has 0 unspecified atom stereocenters. The molecule has 0 aliphatic heterocycles. The SMILES string of the molecule is CN(C)/C=C/c1cc(Cl)ncc1C#N. The highest BCUT2D eigenvalue weighted by molar-refractivity contribution is 6.29. The molecule has 1 heterocycles. The number of hydrogen-bond acceptors (Lipinski definition) is 3. The normalized spacial score (nSPS) is 10.1. The van der Waals surface area contributed by atoms with Gasteiger partial charge in [0.15, 0.2) is 0 Å². The Morgan fingerprint density at radius 2 is 2.29 bits per heavy atom. The molecule has 0 amide bonds. The number of nitriles is 1. The van der Waals surface area contributed by atoms with Crippen LogP contribution in [-0.2, 0) is 0 Å². The van der Waals surface area contributed by atoms with E-state index in [0.717, 1.165) is 5.56 Å². The summed E-state index contributed by atoms with van der Waals surface area (Å²) in [5, 5.41) is 9.19. The summed E-state index contributed by atoms with van der Waals surface area (Å²) in [7, 11) is 3.82. The predicted octanol–water partition coefficient (Wildman–Crippen LogP) is 2.14. The molecule has 4 heteroatoms. The fourth-order valence-electron chi connectivity index (χ4n) is 0.905. The first-order valence-electron chi connectivity index (χ1n) is 4.04. The van der Waals surface area contributed by atoms with Gasteiger partial charge in [-0.2, -0.15) is 5.26 Å². The topological polar surface area (TPSA) is 39.9 Å². The van der Waals surface area contributed by atoms with Crippen molar-refractivity contribution in [2.45, 2.75) is 0 Å². The Bertz CT molecular complexity index is 391. The molecular formula is C10H10ClN3. The summed E-state index contributed by atoms with van der Waals surface area (Å²) < 4.78 is 0. The molecule has 14 heavy (non-hydrogen) atoms. The minimum absolute atomic E-state index is 0.391. The van der Waals surface area contributed by atoms with E-state index in [0.29, 0.717) is 10.7 Å². The van der Waals surface area contributed by atoms with E-state index in [1.807, 2.05) is 31.3 Å².